The van der Waals surface area contributed by atoms with Gasteiger partial charge in [-0.25, -0.2) is 21.6 Å². The van der Waals surface area contributed by atoms with Gasteiger partial charge < -0.3 is 0 Å². The zero-order chi connectivity index (χ0) is 28.4. The fraction of sp³-hybridized carbons (Fsp3) is 0.222. The number of aromatic nitrogens is 3. The van der Waals surface area contributed by atoms with Crippen LogP contribution in [-0.4, -0.2) is 29.4 Å². The average Bonchev–Trinajstić information content (AvgIpc) is 3.63. The van der Waals surface area contributed by atoms with Crippen LogP contribution in [0.5, 0.6) is 0 Å². The fourth-order valence-corrected chi connectivity index (χ4v) is 5.99. The molecule has 0 bridgehead atoms. The van der Waals surface area contributed by atoms with E-state index in [0.717, 1.165) is 23.1 Å². The molecule has 12 heteroatoms. The lowest BCUT2D eigenvalue weighted by molar-refractivity contribution is -0.905. The van der Waals surface area contributed by atoms with E-state index < -0.39 is 43.4 Å². The Morgan fingerprint density at radius 3 is 2.49 bits per heavy atom. The summed E-state index contributed by atoms with van der Waals surface area (Å²) in [5.74, 6) is -3.18. The summed E-state index contributed by atoms with van der Waals surface area (Å²) in [6.07, 6.45) is 4.97. The molecular weight excluding hydrogens is 555 g/mol. The summed E-state index contributed by atoms with van der Waals surface area (Å²) in [6, 6.07) is 6.50. The van der Waals surface area contributed by atoms with Crippen LogP contribution in [0.15, 0.2) is 58.6 Å². The molecule has 3 aromatic heterocycles. The molecule has 0 spiro atoms. The minimum Gasteiger partial charge on any atom is -0.285 e. The predicted molar refractivity (Wildman–Crippen MR) is 137 cm³/mol. The van der Waals surface area contributed by atoms with Gasteiger partial charge in [-0.15, -0.1) is 0 Å². The van der Waals surface area contributed by atoms with Crippen LogP contribution in [0.2, 0.25) is 5.02 Å². The molecular formula is C27H22ClF3N3O4S+. The van der Waals surface area contributed by atoms with E-state index in [0.29, 0.717) is 28.0 Å². The van der Waals surface area contributed by atoms with Gasteiger partial charge >= 0.3 is 0 Å². The minimum absolute atomic E-state index is 0.149. The molecule has 3 heterocycles. The standard InChI is InChI=1S/C27H22ClF3N3O4S/c1-13-10-32-25(17-5-4-6-21(23(17)30)39(3,37)38)24(31)26(13)34-14(2)7-20(22(28)27(34)35)19-9-18(19)15-8-16(29)12-33(36)11-15/h4-8,10-12,18-19,36H,9H2,1-3H3/q+1/t18-,19+/m1/s1. The van der Waals surface area contributed by atoms with Gasteiger partial charge in [0.05, 0.1) is 5.69 Å². The van der Waals surface area contributed by atoms with E-state index in [-0.39, 0.29) is 33.7 Å². The average molecular weight is 577 g/mol. The Kier molecular flexibility index (Phi) is 6.54. The molecule has 1 aliphatic rings. The summed E-state index contributed by atoms with van der Waals surface area (Å²) in [6.45, 7) is 3.11. The normalized spacial score (nSPS) is 16.9. The number of hydrogen-bond acceptors (Lipinski definition) is 5. The Balaban J connectivity index is 1.62. The maximum atomic E-state index is 16.0. The molecule has 1 aliphatic carbocycles. The summed E-state index contributed by atoms with van der Waals surface area (Å²) < 4.78 is 70.6. The molecule has 0 amide bonds. The Morgan fingerprint density at radius 1 is 1.10 bits per heavy atom. The van der Waals surface area contributed by atoms with E-state index in [1.54, 1.807) is 13.0 Å². The van der Waals surface area contributed by atoms with Crippen molar-refractivity contribution in [1.29, 1.82) is 0 Å². The lowest BCUT2D eigenvalue weighted by Crippen LogP contribution is -2.30. The summed E-state index contributed by atoms with van der Waals surface area (Å²) in [7, 11) is -3.94. The second kappa shape index (κ2) is 9.49. The summed E-state index contributed by atoms with van der Waals surface area (Å²) in [5, 5.41) is 9.52. The molecule has 5 rings (SSSR count). The summed E-state index contributed by atoms with van der Waals surface area (Å²) in [5.41, 5.74) is -0.0876. The first kappa shape index (κ1) is 26.9. The zero-order valence-electron chi connectivity index (χ0n) is 20.9. The molecule has 0 unspecified atom stereocenters. The van der Waals surface area contributed by atoms with Crippen molar-refractivity contribution in [2.24, 2.45) is 0 Å². The third-order valence-electron chi connectivity index (χ3n) is 6.84. The van der Waals surface area contributed by atoms with Crippen LogP contribution in [-0.2, 0) is 9.84 Å². The zero-order valence-corrected chi connectivity index (χ0v) is 22.5. The molecule has 1 fully saturated rings. The second-order valence-corrected chi connectivity index (χ2v) is 12.0. The van der Waals surface area contributed by atoms with Crippen molar-refractivity contribution in [3.05, 3.63) is 104 Å². The predicted octanol–water partition coefficient (Wildman–Crippen LogP) is 4.79. The van der Waals surface area contributed by atoms with Crippen LogP contribution in [0.1, 0.15) is 40.6 Å². The van der Waals surface area contributed by atoms with Gasteiger partial charge in [0.1, 0.15) is 15.6 Å². The molecule has 7 nitrogen and oxygen atoms in total. The number of halogens is 4. The number of nitrogens with zero attached hydrogens (tertiary/aromatic N) is 3. The van der Waals surface area contributed by atoms with E-state index in [2.05, 4.69) is 4.98 Å². The Labute approximate surface area is 226 Å². The van der Waals surface area contributed by atoms with Crippen LogP contribution < -0.4 is 10.3 Å². The van der Waals surface area contributed by atoms with Crippen LogP contribution in [0.25, 0.3) is 16.9 Å². The quantitative estimate of drug-likeness (QED) is 0.272. The highest BCUT2D eigenvalue weighted by molar-refractivity contribution is 7.90. The molecule has 1 aromatic carbocycles. The van der Waals surface area contributed by atoms with Crippen molar-refractivity contribution in [3.8, 4) is 16.9 Å². The first-order valence-corrected chi connectivity index (χ1v) is 14.0. The Bertz CT molecular complexity index is 1820. The summed E-state index contributed by atoms with van der Waals surface area (Å²) >= 11 is 6.50. The molecule has 0 saturated heterocycles. The van der Waals surface area contributed by atoms with E-state index in [1.165, 1.54) is 37.5 Å². The first-order chi connectivity index (χ1) is 18.3. The first-order valence-electron chi connectivity index (χ1n) is 11.8. The maximum absolute atomic E-state index is 16.0. The third kappa shape index (κ3) is 4.70. The number of sulfone groups is 1. The number of benzene rings is 1. The largest absolute Gasteiger partial charge is 0.285 e. The minimum atomic E-state index is -3.94. The monoisotopic (exact) mass is 576 g/mol. The highest BCUT2D eigenvalue weighted by Gasteiger charge is 2.43. The van der Waals surface area contributed by atoms with Gasteiger partial charge in [-0.1, -0.05) is 17.7 Å². The van der Waals surface area contributed by atoms with Crippen molar-refractivity contribution in [1.82, 2.24) is 9.55 Å². The molecule has 202 valence electrons. The number of rotatable bonds is 5. The van der Waals surface area contributed by atoms with Gasteiger partial charge in [-0.2, -0.15) is 0 Å². The van der Waals surface area contributed by atoms with E-state index in [1.807, 2.05) is 0 Å². The van der Waals surface area contributed by atoms with Gasteiger partial charge in [-0.05, 0) is 67.5 Å². The van der Waals surface area contributed by atoms with Crippen molar-refractivity contribution >= 4 is 21.4 Å². The van der Waals surface area contributed by atoms with Gasteiger partial charge in [0.15, 0.2) is 27.3 Å². The van der Waals surface area contributed by atoms with Crippen molar-refractivity contribution in [3.63, 3.8) is 0 Å². The Hall–Kier alpha value is -3.70. The number of hydrogen-bond donors (Lipinski definition) is 1. The van der Waals surface area contributed by atoms with E-state index in [4.69, 9.17) is 11.6 Å². The third-order valence-corrected chi connectivity index (χ3v) is 8.33. The van der Waals surface area contributed by atoms with Crippen LogP contribution in [0, 0.1) is 31.3 Å². The molecule has 0 radical (unpaired) electrons. The van der Waals surface area contributed by atoms with E-state index in [9.17, 15) is 22.8 Å². The van der Waals surface area contributed by atoms with Crippen LogP contribution >= 0.6 is 11.6 Å². The maximum Gasteiger partial charge on any atom is 0.274 e. The molecule has 39 heavy (non-hydrogen) atoms. The molecule has 1 N–H and O–H groups in total. The van der Waals surface area contributed by atoms with Gasteiger partial charge in [-0.3, -0.25) is 19.6 Å². The van der Waals surface area contributed by atoms with Crippen molar-refractivity contribution in [2.45, 2.75) is 37.0 Å². The fourth-order valence-electron chi connectivity index (χ4n) is 4.95. The van der Waals surface area contributed by atoms with Crippen molar-refractivity contribution < 1.29 is 31.5 Å². The van der Waals surface area contributed by atoms with Gasteiger partial charge in [0.2, 0.25) is 6.20 Å². The Morgan fingerprint density at radius 2 is 1.82 bits per heavy atom. The number of aryl methyl sites for hydroxylation is 2. The topological polar surface area (TPSA) is 93.1 Å². The smallest absolute Gasteiger partial charge is 0.274 e. The second-order valence-electron chi connectivity index (χ2n) is 9.65. The molecule has 2 atom stereocenters. The highest BCUT2D eigenvalue weighted by atomic mass is 35.5. The molecule has 1 saturated carbocycles. The van der Waals surface area contributed by atoms with Crippen LogP contribution in [0.3, 0.4) is 0 Å². The summed E-state index contributed by atoms with van der Waals surface area (Å²) in [4.78, 5) is 16.9. The number of pyridine rings is 3. The highest BCUT2D eigenvalue weighted by Crippen LogP contribution is 2.55. The lowest BCUT2D eigenvalue weighted by atomic mass is 10.0. The van der Waals surface area contributed by atoms with Crippen molar-refractivity contribution in [2.75, 3.05) is 6.26 Å². The van der Waals surface area contributed by atoms with E-state index >= 15 is 8.78 Å². The lowest BCUT2D eigenvalue weighted by Gasteiger charge is -2.18. The van der Waals surface area contributed by atoms with Gasteiger partial charge in [0.25, 0.3) is 11.8 Å². The molecule has 0 aliphatic heterocycles. The molecule has 4 aromatic rings. The van der Waals surface area contributed by atoms with Crippen LogP contribution in [0.4, 0.5) is 13.2 Å². The SMILES string of the molecule is Cc1cnc(-c2cccc(S(C)(=O)=O)c2F)c(F)c1-n1c(C)cc([C@H]2C[C@@H]2c2cc(F)c[n+](O)c2)c(Cl)c1=O. The van der Waals surface area contributed by atoms with Gasteiger partial charge in [0, 0.05) is 34.0 Å².